The number of hydrogen-bond acceptors (Lipinski definition) is 4. The van der Waals surface area contributed by atoms with E-state index < -0.39 is 28.2 Å². The van der Waals surface area contributed by atoms with Gasteiger partial charge in [-0.2, -0.15) is 0 Å². The Morgan fingerprint density at radius 2 is 1.61 bits per heavy atom. The van der Waals surface area contributed by atoms with Crippen LogP contribution >= 0.6 is 11.8 Å². The molecule has 0 heterocycles. The predicted octanol–water partition coefficient (Wildman–Crippen LogP) is 3.58. The zero-order chi connectivity index (χ0) is 20.3. The molecule has 0 aliphatic carbocycles. The summed E-state index contributed by atoms with van der Waals surface area (Å²) in [5.41, 5.74) is 12.0. The molecule has 3 aromatic carbocycles. The minimum Gasteiger partial charge on any atom is -0.367 e. The molecule has 3 rings (SSSR count). The molecule has 0 saturated carbocycles. The van der Waals surface area contributed by atoms with Crippen LogP contribution in [0.25, 0.3) is 0 Å². The molecule has 0 radical (unpaired) electrons. The number of ketones is 1. The van der Waals surface area contributed by atoms with E-state index in [0.29, 0.717) is 16.5 Å². The molecule has 4 nitrogen and oxygen atoms in total. The lowest BCUT2D eigenvalue weighted by Gasteiger charge is -2.26. The van der Waals surface area contributed by atoms with E-state index in [0.717, 1.165) is 23.9 Å². The molecule has 0 saturated heterocycles. The highest BCUT2D eigenvalue weighted by molar-refractivity contribution is 8.01. The molecule has 0 aliphatic heterocycles. The number of halogens is 2. The molecule has 0 spiro atoms. The van der Waals surface area contributed by atoms with E-state index in [1.165, 1.54) is 18.2 Å². The van der Waals surface area contributed by atoms with Gasteiger partial charge in [-0.25, -0.2) is 8.78 Å². The van der Waals surface area contributed by atoms with Crippen molar-refractivity contribution in [3.8, 4) is 0 Å². The topological polar surface area (TPSA) is 86.2 Å². The highest BCUT2D eigenvalue weighted by atomic mass is 32.2. The van der Waals surface area contributed by atoms with Crippen molar-refractivity contribution < 1.29 is 18.4 Å². The van der Waals surface area contributed by atoms with Gasteiger partial charge in [-0.05, 0) is 35.9 Å². The summed E-state index contributed by atoms with van der Waals surface area (Å²) in [6, 6.07) is 17.6. The number of thioether (sulfide) groups is 1. The van der Waals surface area contributed by atoms with Crippen LogP contribution in [-0.4, -0.2) is 11.7 Å². The van der Waals surface area contributed by atoms with Crippen molar-refractivity contribution in [2.45, 2.75) is 9.77 Å². The Hall–Kier alpha value is -3.03. The van der Waals surface area contributed by atoms with E-state index in [4.69, 9.17) is 11.5 Å². The average Bonchev–Trinajstić information content (AvgIpc) is 2.68. The maximum Gasteiger partial charge on any atom is 0.253 e. The Balaban J connectivity index is 2.00. The third-order valence-electron chi connectivity index (χ3n) is 4.12. The largest absolute Gasteiger partial charge is 0.367 e. The van der Waals surface area contributed by atoms with Gasteiger partial charge in [-0.1, -0.05) is 48.2 Å². The van der Waals surface area contributed by atoms with Gasteiger partial charge in [-0.3, -0.25) is 9.59 Å². The summed E-state index contributed by atoms with van der Waals surface area (Å²) in [5, 5.41) is 0. The fourth-order valence-electron chi connectivity index (χ4n) is 2.65. The maximum absolute atomic E-state index is 14.0. The van der Waals surface area contributed by atoms with E-state index in [9.17, 15) is 18.4 Å². The van der Waals surface area contributed by atoms with E-state index in [2.05, 4.69) is 0 Å². The van der Waals surface area contributed by atoms with E-state index in [-0.39, 0.29) is 11.1 Å². The van der Waals surface area contributed by atoms with Crippen LogP contribution in [-0.2, 0) is 9.67 Å². The van der Waals surface area contributed by atoms with Crippen LogP contribution in [0.1, 0.15) is 21.5 Å². The number of benzene rings is 3. The first-order valence-electron chi connectivity index (χ1n) is 8.24. The second-order valence-electron chi connectivity index (χ2n) is 6.05. The van der Waals surface area contributed by atoms with Gasteiger partial charge in [0.05, 0.1) is 5.56 Å². The fourth-order valence-corrected chi connectivity index (χ4v) is 3.66. The maximum atomic E-state index is 14.0. The van der Waals surface area contributed by atoms with Crippen LogP contribution in [0.4, 0.5) is 8.78 Å². The number of carbonyl (C=O) groups excluding carboxylic acids is 2. The summed E-state index contributed by atoms with van der Waals surface area (Å²) in [5.74, 6) is -3.20. The summed E-state index contributed by atoms with van der Waals surface area (Å²) >= 11 is 1.04. The van der Waals surface area contributed by atoms with Gasteiger partial charge in [0.15, 0.2) is 10.7 Å². The van der Waals surface area contributed by atoms with Crippen LogP contribution in [0.5, 0.6) is 0 Å². The monoisotopic (exact) mass is 398 g/mol. The van der Waals surface area contributed by atoms with Crippen LogP contribution in [0.2, 0.25) is 0 Å². The minimum absolute atomic E-state index is 0.104. The summed E-state index contributed by atoms with van der Waals surface area (Å²) in [6.45, 7) is 0. The Kier molecular flexibility index (Phi) is 5.58. The number of amides is 1. The van der Waals surface area contributed by atoms with Gasteiger partial charge in [0.2, 0.25) is 0 Å². The van der Waals surface area contributed by atoms with Crippen molar-refractivity contribution in [2.24, 2.45) is 11.5 Å². The average molecular weight is 398 g/mol. The van der Waals surface area contributed by atoms with Gasteiger partial charge in [-0.15, -0.1) is 0 Å². The van der Waals surface area contributed by atoms with Crippen molar-refractivity contribution in [1.29, 1.82) is 0 Å². The third-order valence-corrected chi connectivity index (χ3v) is 5.38. The summed E-state index contributed by atoms with van der Waals surface area (Å²) < 4.78 is 27.1. The molecule has 0 aliphatic rings. The number of nitrogens with two attached hydrogens (primary N) is 2. The second-order valence-corrected chi connectivity index (χ2v) is 7.37. The Morgan fingerprint density at radius 3 is 2.25 bits per heavy atom. The first-order chi connectivity index (χ1) is 13.3. The first-order valence-corrected chi connectivity index (χ1v) is 9.06. The van der Waals surface area contributed by atoms with E-state index in [1.807, 2.05) is 6.07 Å². The van der Waals surface area contributed by atoms with Crippen molar-refractivity contribution in [3.63, 3.8) is 0 Å². The van der Waals surface area contributed by atoms with Crippen molar-refractivity contribution in [3.05, 3.63) is 101 Å². The Morgan fingerprint density at radius 1 is 0.893 bits per heavy atom. The summed E-state index contributed by atoms with van der Waals surface area (Å²) in [6.07, 6.45) is 0. The third kappa shape index (κ3) is 3.95. The van der Waals surface area contributed by atoms with Crippen LogP contribution in [0.15, 0.2) is 77.7 Å². The molecule has 7 heteroatoms. The number of hydrogen-bond donors (Lipinski definition) is 2. The smallest absolute Gasteiger partial charge is 0.253 e. The highest BCUT2D eigenvalue weighted by Gasteiger charge is 2.36. The highest BCUT2D eigenvalue weighted by Crippen LogP contribution is 2.37. The van der Waals surface area contributed by atoms with E-state index in [1.54, 1.807) is 30.3 Å². The molecule has 0 fully saturated rings. The lowest BCUT2D eigenvalue weighted by molar-refractivity contribution is -0.120. The van der Waals surface area contributed by atoms with Crippen molar-refractivity contribution >= 4 is 23.5 Å². The molecule has 1 atom stereocenters. The zero-order valence-corrected chi connectivity index (χ0v) is 15.4. The lowest BCUT2D eigenvalue weighted by atomic mass is 9.98. The van der Waals surface area contributed by atoms with Gasteiger partial charge < -0.3 is 11.5 Å². The van der Waals surface area contributed by atoms with Gasteiger partial charge >= 0.3 is 0 Å². The SMILES string of the molecule is NC(=O)C(N)(Sc1ccccc1)c1cccc(C(=O)c2ccc(F)cc2F)c1. The molecule has 28 heavy (non-hydrogen) atoms. The van der Waals surface area contributed by atoms with Crippen molar-refractivity contribution in [2.75, 3.05) is 0 Å². The predicted molar refractivity (Wildman–Crippen MR) is 104 cm³/mol. The summed E-state index contributed by atoms with van der Waals surface area (Å²) in [4.78, 5) is 23.9. The quantitative estimate of drug-likeness (QED) is 0.377. The zero-order valence-electron chi connectivity index (χ0n) is 14.6. The second kappa shape index (κ2) is 7.92. The molecular formula is C21H16F2N2O2S. The normalized spacial score (nSPS) is 13.0. The number of rotatable bonds is 6. The van der Waals surface area contributed by atoms with Crippen LogP contribution in [0.3, 0.4) is 0 Å². The lowest BCUT2D eigenvalue weighted by Crippen LogP contribution is -2.46. The Bertz CT molecular complexity index is 1040. The van der Waals surface area contributed by atoms with Crippen LogP contribution < -0.4 is 11.5 Å². The molecule has 1 amide bonds. The Labute approximate surface area is 164 Å². The molecular weight excluding hydrogens is 382 g/mol. The number of primary amides is 1. The van der Waals surface area contributed by atoms with Crippen LogP contribution in [0, 0.1) is 11.6 Å². The standard InChI is InChI=1S/C21H16F2N2O2S/c22-15-9-10-17(18(23)12-15)19(26)13-5-4-6-14(11-13)21(25,20(24)27)28-16-7-2-1-3-8-16/h1-12H,25H2,(H2,24,27). The van der Waals surface area contributed by atoms with Gasteiger partial charge in [0.25, 0.3) is 5.91 Å². The number of carbonyl (C=O) groups is 2. The minimum atomic E-state index is -1.64. The molecule has 1 unspecified atom stereocenters. The molecule has 4 N–H and O–H groups in total. The molecule has 3 aromatic rings. The first kappa shape index (κ1) is 19.7. The summed E-state index contributed by atoms with van der Waals surface area (Å²) in [7, 11) is 0. The van der Waals surface area contributed by atoms with Gasteiger partial charge in [0.1, 0.15) is 11.6 Å². The van der Waals surface area contributed by atoms with Crippen molar-refractivity contribution in [1.82, 2.24) is 0 Å². The fraction of sp³-hybridized carbons (Fsp3) is 0.0476. The molecule has 0 aromatic heterocycles. The molecule has 0 bridgehead atoms. The van der Waals surface area contributed by atoms with Gasteiger partial charge in [0, 0.05) is 16.5 Å². The molecule has 142 valence electrons. The van der Waals surface area contributed by atoms with E-state index >= 15 is 0 Å².